The third-order valence-corrected chi connectivity index (χ3v) is 2.80. The lowest BCUT2D eigenvalue weighted by atomic mass is 10.4. The molecule has 2 aromatic heterocycles. The van der Waals surface area contributed by atoms with Crippen molar-refractivity contribution < 1.29 is 18.3 Å². The van der Waals surface area contributed by atoms with Crippen LogP contribution in [0.5, 0.6) is 0 Å². The van der Waals surface area contributed by atoms with Crippen molar-refractivity contribution in [3.05, 3.63) is 22.1 Å². The topological polar surface area (TPSA) is 79.5 Å². The summed E-state index contributed by atoms with van der Waals surface area (Å²) in [7, 11) is 0. The Labute approximate surface area is 102 Å². The lowest BCUT2D eigenvalue weighted by molar-refractivity contribution is -0.142. The highest BCUT2D eigenvalue weighted by Crippen LogP contribution is 2.29. The average molecular weight is 280 g/mol. The Morgan fingerprint density at radius 2 is 2.22 bits per heavy atom. The molecule has 0 saturated carbocycles. The van der Waals surface area contributed by atoms with Gasteiger partial charge in [-0.3, -0.25) is 4.79 Å². The fourth-order valence-corrected chi connectivity index (χ4v) is 2.08. The zero-order valence-electron chi connectivity index (χ0n) is 8.73. The number of rotatable bonds is 3. The van der Waals surface area contributed by atoms with Crippen molar-refractivity contribution in [2.45, 2.75) is 6.18 Å². The summed E-state index contributed by atoms with van der Waals surface area (Å²) in [5, 5.41) is 15.0. The van der Waals surface area contributed by atoms with Gasteiger partial charge in [0.15, 0.2) is 5.69 Å². The van der Waals surface area contributed by atoms with E-state index in [1.54, 1.807) is 0 Å². The number of anilines is 1. The standard InChI is InChI=1S/C8H7F3N4O2S/c9-8(10,11)4-3-5(17)13-7-15(4)14-6(18-7)12-1-2-16/h3,16H,1-2H2,(H,12,14). The van der Waals surface area contributed by atoms with Crippen molar-refractivity contribution in [2.75, 3.05) is 18.5 Å². The Morgan fingerprint density at radius 1 is 1.50 bits per heavy atom. The first-order chi connectivity index (χ1) is 8.41. The Balaban J connectivity index is 2.57. The fourth-order valence-electron chi connectivity index (χ4n) is 1.25. The van der Waals surface area contributed by atoms with E-state index < -0.39 is 17.4 Å². The van der Waals surface area contributed by atoms with E-state index in [0.29, 0.717) is 10.6 Å². The van der Waals surface area contributed by atoms with Gasteiger partial charge in [0, 0.05) is 12.6 Å². The number of alkyl halides is 3. The van der Waals surface area contributed by atoms with Crippen LogP contribution in [0.25, 0.3) is 4.96 Å². The van der Waals surface area contributed by atoms with Crippen molar-refractivity contribution in [1.82, 2.24) is 14.6 Å². The van der Waals surface area contributed by atoms with Crippen LogP contribution in [0.2, 0.25) is 0 Å². The molecule has 2 aromatic rings. The molecule has 0 spiro atoms. The van der Waals surface area contributed by atoms with E-state index in [1.165, 1.54) is 0 Å². The van der Waals surface area contributed by atoms with Gasteiger partial charge in [0.2, 0.25) is 10.1 Å². The van der Waals surface area contributed by atoms with Crippen LogP contribution >= 0.6 is 11.3 Å². The smallest absolute Gasteiger partial charge is 0.395 e. The van der Waals surface area contributed by atoms with Crippen LogP contribution in [0.4, 0.5) is 18.3 Å². The SMILES string of the molecule is O=c1cc(C(F)(F)F)n2nc(NCCO)sc2n1. The second-order valence-electron chi connectivity index (χ2n) is 3.23. The Morgan fingerprint density at radius 3 is 2.83 bits per heavy atom. The molecular weight excluding hydrogens is 273 g/mol. The van der Waals surface area contributed by atoms with Crippen LogP contribution in [0.15, 0.2) is 10.9 Å². The van der Waals surface area contributed by atoms with E-state index in [4.69, 9.17) is 5.11 Å². The van der Waals surface area contributed by atoms with Gasteiger partial charge in [0.05, 0.1) is 6.61 Å². The third-order valence-electron chi connectivity index (χ3n) is 1.93. The first-order valence-corrected chi connectivity index (χ1v) is 5.56. The number of aliphatic hydroxyl groups is 1. The first kappa shape index (κ1) is 12.8. The Kier molecular flexibility index (Phi) is 3.22. The maximum Gasteiger partial charge on any atom is 0.433 e. The molecular formula is C8H7F3N4O2S. The number of nitrogens with zero attached hydrogens (tertiary/aromatic N) is 3. The molecule has 0 fully saturated rings. The summed E-state index contributed by atoms with van der Waals surface area (Å²) < 4.78 is 38.6. The van der Waals surface area contributed by atoms with E-state index in [1.807, 2.05) is 0 Å². The number of aromatic nitrogens is 3. The molecule has 98 valence electrons. The number of hydrogen-bond donors (Lipinski definition) is 2. The molecule has 0 aromatic carbocycles. The summed E-state index contributed by atoms with van der Waals surface area (Å²) in [4.78, 5) is 14.4. The maximum absolute atomic E-state index is 12.7. The highest BCUT2D eigenvalue weighted by Gasteiger charge is 2.35. The Hall–Kier alpha value is -1.68. The molecule has 18 heavy (non-hydrogen) atoms. The zero-order chi connectivity index (χ0) is 13.3. The highest BCUT2D eigenvalue weighted by atomic mass is 32.1. The van der Waals surface area contributed by atoms with Gasteiger partial charge < -0.3 is 10.4 Å². The Bertz CT molecular complexity index is 621. The molecule has 0 saturated heterocycles. The highest BCUT2D eigenvalue weighted by molar-refractivity contribution is 7.20. The van der Waals surface area contributed by atoms with Gasteiger partial charge in [0.25, 0.3) is 5.56 Å². The molecule has 2 N–H and O–H groups in total. The fraction of sp³-hybridized carbons (Fsp3) is 0.375. The van der Waals surface area contributed by atoms with Crippen molar-refractivity contribution in [3.8, 4) is 0 Å². The average Bonchev–Trinajstić information content (AvgIpc) is 2.66. The van der Waals surface area contributed by atoms with Crippen LogP contribution in [-0.2, 0) is 6.18 Å². The molecule has 0 radical (unpaired) electrons. The van der Waals surface area contributed by atoms with Crippen molar-refractivity contribution in [2.24, 2.45) is 0 Å². The van der Waals surface area contributed by atoms with Gasteiger partial charge in [-0.15, -0.1) is 5.10 Å². The lowest BCUT2D eigenvalue weighted by Gasteiger charge is -2.06. The first-order valence-electron chi connectivity index (χ1n) is 4.74. The van der Waals surface area contributed by atoms with Crippen LogP contribution in [-0.4, -0.2) is 32.9 Å². The van der Waals surface area contributed by atoms with Crippen LogP contribution in [0.1, 0.15) is 5.69 Å². The molecule has 0 aliphatic carbocycles. The maximum atomic E-state index is 12.7. The molecule has 0 bridgehead atoms. The summed E-state index contributed by atoms with van der Waals surface area (Å²) in [6.07, 6.45) is -4.69. The van der Waals surface area contributed by atoms with Gasteiger partial charge in [-0.1, -0.05) is 11.3 Å². The predicted octanol–water partition coefficient (Wildman–Crippen LogP) is 0.574. The van der Waals surface area contributed by atoms with E-state index >= 15 is 0 Å². The zero-order valence-corrected chi connectivity index (χ0v) is 9.55. The van der Waals surface area contributed by atoms with Gasteiger partial charge in [-0.2, -0.15) is 22.7 Å². The molecule has 0 unspecified atom stereocenters. The van der Waals surface area contributed by atoms with Crippen molar-refractivity contribution in [3.63, 3.8) is 0 Å². The summed E-state index contributed by atoms with van der Waals surface area (Å²) in [5.74, 6) is 0. The second kappa shape index (κ2) is 4.53. The van der Waals surface area contributed by atoms with E-state index in [-0.39, 0.29) is 23.2 Å². The molecule has 2 rings (SSSR count). The van der Waals surface area contributed by atoms with Gasteiger partial charge in [0.1, 0.15) is 0 Å². The quantitative estimate of drug-likeness (QED) is 0.859. The van der Waals surface area contributed by atoms with Gasteiger partial charge >= 0.3 is 6.18 Å². The number of halogens is 3. The molecule has 0 aliphatic heterocycles. The molecule has 10 heteroatoms. The predicted molar refractivity (Wildman–Crippen MR) is 57.7 cm³/mol. The van der Waals surface area contributed by atoms with E-state index in [2.05, 4.69) is 15.4 Å². The minimum absolute atomic E-state index is 0.145. The largest absolute Gasteiger partial charge is 0.433 e. The molecule has 6 nitrogen and oxygen atoms in total. The summed E-state index contributed by atoms with van der Waals surface area (Å²) in [6, 6.07) is 0.391. The van der Waals surface area contributed by atoms with Crippen LogP contribution in [0.3, 0.4) is 0 Å². The minimum Gasteiger partial charge on any atom is -0.395 e. The summed E-state index contributed by atoms with van der Waals surface area (Å²) >= 11 is 0.800. The van der Waals surface area contributed by atoms with Crippen LogP contribution < -0.4 is 10.9 Å². The summed E-state index contributed by atoms with van der Waals surface area (Å²) in [6.45, 7) is -0.0427. The van der Waals surface area contributed by atoms with E-state index in [0.717, 1.165) is 11.3 Å². The summed E-state index contributed by atoms with van der Waals surface area (Å²) in [5.41, 5.74) is -2.15. The third kappa shape index (κ3) is 2.43. The second-order valence-corrected chi connectivity index (χ2v) is 4.19. The minimum atomic E-state index is -4.69. The lowest BCUT2D eigenvalue weighted by Crippen LogP contribution is -2.19. The molecule has 0 atom stereocenters. The molecule has 0 aliphatic rings. The van der Waals surface area contributed by atoms with E-state index in [9.17, 15) is 18.0 Å². The monoisotopic (exact) mass is 280 g/mol. The molecule has 2 heterocycles. The van der Waals surface area contributed by atoms with Gasteiger partial charge in [-0.25, -0.2) is 0 Å². The normalized spacial score (nSPS) is 12.0. The molecule has 0 amide bonds. The number of fused-ring (bicyclic) bond motifs is 1. The number of aliphatic hydroxyl groups excluding tert-OH is 1. The van der Waals surface area contributed by atoms with Gasteiger partial charge in [-0.05, 0) is 0 Å². The van der Waals surface area contributed by atoms with Crippen molar-refractivity contribution in [1.29, 1.82) is 0 Å². The number of hydrogen-bond acceptors (Lipinski definition) is 6. The van der Waals surface area contributed by atoms with Crippen LogP contribution in [0, 0.1) is 0 Å². The van der Waals surface area contributed by atoms with Crippen molar-refractivity contribution >= 4 is 21.4 Å². The number of nitrogens with one attached hydrogen (secondary N) is 1.